The van der Waals surface area contributed by atoms with Crippen molar-refractivity contribution in [2.75, 3.05) is 19.6 Å². The molecule has 2 heterocycles. The van der Waals surface area contributed by atoms with Gasteiger partial charge >= 0.3 is 0 Å². The van der Waals surface area contributed by atoms with Crippen LogP contribution >= 0.6 is 0 Å². The minimum atomic E-state index is 0.768. The van der Waals surface area contributed by atoms with Crippen LogP contribution in [0.5, 0.6) is 0 Å². The van der Waals surface area contributed by atoms with E-state index in [9.17, 15) is 0 Å². The van der Waals surface area contributed by atoms with Crippen LogP contribution in [0.4, 0.5) is 0 Å². The van der Waals surface area contributed by atoms with Gasteiger partial charge in [0.1, 0.15) is 0 Å². The molecule has 82 valence electrons. The first-order valence-electron chi connectivity index (χ1n) is 6.25. The first-order chi connectivity index (χ1) is 6.77. The highest BCUT2D eigenvalue weighted by Crippen LogP contribution is 2.24. The summed E-state index contributed by atoms with van der Waals surface area (Å²) in [5.74, 6) is 0.828. The average Bonchev–Trinajstić information content (AvgIpc) is 2.18. The highest BCUT2D eigenvalue weighted by atomic mass is 15.2. The van der Waals surface area contributed by atoms with E-state index in [-0.39, 0.29) is 0 Å². The van der Waals surface area contributed by atoms with Gasteiger partial charge in [0.2, 0.25) is 0 Å². The molecule has 0 saturated carbocycles. The molecule has 2 fully saturated rings. The Hall–Kier alpha value is -0.0800. The van der Waals surface area contributed by atoms with Gasteiger partial charge in [0.15, 0.2) is 0 Å². The summed E-state index contributed by atoms with van der Waals surface area (Å²) >= 11 is 0. The predicted molar refractivity (Wildman–Crippen MR) is 60.5 cm³/mol. The van der Waals surface area contributed by atoms with E-state index < -0.39 is 0 Å². The van der Waals surface area contributed by atoms with Gasteiger partial charge in [0.25, 0.3) is 0 Å². The molecule has 0 aromatic rings. The zero-order valence-electron chi connectivity index (χ0n) is 9.63. The van der Waals surface area contributed by atoms with Crippen molar-refractivity contribution in [3.8, 4) is 0 Å². The molecule has 2 unspecified atom stereocenters. The molecule has 0 aliphatic carbocycles. The lowest BCUT2D eigenvalue weighted by molar-refractivity contribution is 0.0753. The van der Waals surface area contributed by atoms with E-state index in [1.54, 1.807) is 0 Å². The van der Waals surface area contributed by atoms with Gasteiger partial charge in [-0.05, 0) is 31.7 Å². The highest BCUT2D eigenvalue weighted by Gasteiger charge is 2.32. The van der Waals surface area contributed by atoms with Crippen molar-refractivity contribution >= 4 is 0 Å². The normalized spacial score (nSPS) is 34.5. The fraction of sp³-hybridized carbons (Fsp3) is 1.00. The minimum absolute atomic E-state index is 0.768. The maximum Gasteiger partial charge on any atom is 0.0250 e. The van der Waals surface area contributed by atoms with E-state index in [0.717, 1.165) is 18.0 Å². The zero-order chi connectivity index (χ0) is 9.97. The zero-order valence-corrected chi connectivity index (χ0v) is 9.63. The summed E-state index contributed by atoms with van der Waals surface area (Å²) < 4.78 is 0. The van der Waals surface area contributed by atoms with Crippen molar-refractivity contribution in [2.24, 2.45) is 5.92 Å². The molecule has 2 saturated heterocycles. The van der Waals surface area contributed by atoms with Crippen molar-refractivity contribution in [3.05, 3.63) is 0 Å². The fourth-order valence-electron chi connectivity index (χ4n) is 3.03. The largest absolute Gasteiger partial charge is 0.311 e. The van der Waals surface area contributed by atoms with Crippen molar-refractivity contribution in [1.82, 2.24) is 10.2 Å². The molecule has 2 heteroatoms. The summed E-state index contributed by atoms with van der Waals surface area (Å²) in [5.41, 5.74) is 0. The maximum atomic E-state index is 3.71. The number of piperidine rings is 1. The second-order valence-corrected chi connectivity index (χ2v) is 5.29. The number of nitrogens with zero attached hydrogens (tertiary/aromatic N) is 1. The van der Waals surface area contributed by atoms with Gasteiger partial charge < -0.3 is 5.32 Å². The van der Waals surface area contributed by atoms with E-state index in [4.69, 9.17) is 0 Å². The molecule has 14 heavy (non-hydrogen) atoms. The highest BCUT2D eigenvalue weighted by molar-refractivity contribution is 4.91. The van der Waals surface area contributed by atoms with E-state index in [1.807, 2.05) is 0 Å². The maximum absolute atomic E-state index is 3.71. The van der Waals surface area contributed by atoms with Crippen LogP contribution in [-0.2, 0) is 0 Å². The summed E-state index contributed by atoms with van der Waals surface area (Å²) in [5, 5.41) is 3.71. The Labute approximate surface area is 88.1 Å². The van der Waals surface area contributed by atoms with Gasteiger partial charge in [-0.15, -0.1) is 0 Å². The smallest absolute Gasteiger partial charge is 0.0250 e. The van der Waals surface area contributed by atoms with Crippen LogP contribution in [-0.4, -0.2) is 36.6 Å². The summed E-state index contributed by atoms with van der Waals surface area (Å²) in [6.45, 7) is 8.50. The van der Waals surface area contributed by atoms with Crippen LogP contribution in [0.15, 0.2) is 0 Å². The summed E-state index contributed by atoms with van der Waals surface area (Å²) in [7, 11) is 0. The summed E-state index contributed by atoms with van der Waals surface area (Å²) in [6, 6.07) is 1.61. The Bertz CT molecular complexity index is 177. The SMILES string of the molecule is CC(C)CC1NCCN2CCCCC12. The molecule has 2 rings (SSSR count). The average molecular weight is 196 g/mol. The van der Waals surface area contributed by atoms with Gasteiger partial charge in [-0.25, -0.2) is 0 Å². The molecular formula is C12H24N2. The Morgan fingerprint density at radius 2 is 2.14 bits per heavy atom. The van der Waals surface area contributed by atoms with Crippen LogP contribution in [0.3, 0.4) is 0 Å². The molecule has 2 aliphatic heterocycles. The first kappa shape index (κ1) is 10.4. The van der Waals surface area contributed by atoms with Gasteiger partial charge in [-0.1, -0.05) is 20.3 Å². The van der Waals surface area contributed by atoms with Gasteiger partial charge in [0, 0.05) is 25.2 Å². The number of hydrogen-bond donors (Lipinski definition) is 1. The number of fused-ring (bicyclic) bond motifs is 1. The molecule has 2 atom stereocenters. The predicted octanol–water partition coefficient (Wildman–Crippen LogP) is 1.86. The van der Waals surface area contributed by atoms with Gasteiger partial charge in [-0.3, -0.25) is 4.90 Å². The lowest BCUT2D eigenvalue weighted by atomic mass is 9.88. The lowest BCUT2D eigenvalue weighted by Gasteiger charge is -2.45. The van der Waals surface area contributed by atoms with Crippen molar-refractivity contribution in [3.63, 3.8) is 0 Å². The molecule has 2 nitrogen and oxygen atoms in total. The quantitative estimate of drug-likeness (QED) is 0.725. The summed E-state index contributed by atoms with van der Waals surface area (Å²) in [6.07, 6.45) is 5.63. The molecule has 0 spiro atoms. The first-order valence-corrected chi connectivity index (χ1v) is 6.25. The molecule has 0 amide bonds. The van der Waals surface area contributed by atoms with Crippen LogP contribution in [0.1, 0.15) is 39.5 Å². The number of piperazine rings is 1. The number of nitrogens with one attached hydrogen (secondary N) is 1. The topological polar surface area (TPSA) is 15.3 Å². The van der Waals surface area contributed by atoms with Crippen LogP contribution in [0.25, 0.3) is 0 Å². The second kappa shape index (κ2) is 4.63. The lowest BCUT2D eigenvalue weighted by Crippen LogP contribution is -2.59. The Balaban J connectivity index is 1.94. The Morgan fingerprint density at radius 3 is 2.93 bits per heavy atom. The molecule has 0 aromatic heterocycles. The standard InChI is InChI=1S/C12H24N2/c1-10(2)9-11-12-5-3-4-7-14(12)8-6-13-11/h10-13H,3-9H2,1-2H3. The second-order valence-electron chi connectivity index (χ2n) is 5.29. The van der Waals surface area contributed by atoms with Crippen molar-refractivity contribution < 1.29 is 0 Å². The molecular weight excluding hydrogens is 172 g/mol. The molecule has 0 aromatic carbocycles. The Kier molecular flexibility index (Phi) is 3.45. The fourth-order valence-corrected chi connectivity index (χ4v) is 3.03. The molecule has 0 bridgehead atoms. The Morgan fingerprint density at radius 1 is 1.29 bits per heavy atom. The van der Waals surface area contributed by atoms with Crippen molar-refractivity contribution in [2.45, 2.75) is 51.6 Å². The van der Waals surface area contributed by atoms with E-state index in [0.29, 0.717) is 0 Å². The van der Waals surface area contributed by atoms with E-state index in [2.05, 4.69) is 24.1 Å². The third kappa shape index (κ3) is 2.29. The van der Waals surface area contributed by atoms with Crippen LogP contribution in [0, 0.1) is 5.92 Å². The molecule has 0 radical (unpaired) electrons. The van der Waals surface area contributed by atoms with Gasteiger partial charge in [-0.2, -0.15) is 0 Å². The van der Waals surface area contributed by atoms with Crippen LogP contribution < -0.4 is 5.32 Å². The number of rotatable bonds is 2. The summed E-state index contributed by atoms with van der Waals surface area (Å²) in [4.78, 5) is 2.72. The monoisotopic (exact) mass is 196 g/mol. The van der Waals surface area contributed by atoms with Crippen LogP contribution in [0.2, 0.25) is 0 Å². The third-order valence-corrected chi connectivity index (χ3v) is 3.66. The van der Waals surface area contributed by atoms with E-state index in [1.165, 1.54) is 45.3 Å². The molecule has 2 aliphatic rings. The molecule has 1 N–H and O–H groups in total. The third-order valence-electron chi connectivity index (χ3n) is 3.66. The number of hydrogen-bond acceptors (Lipinski definition) is 2. The van der Waals surface area contributed by atoms with Crippen molar-refractivity contribution in [1.29, 1.82) is 0 Å². The minimum Gasteiger partial charge on any atom is -0.311 e. The van der Waals surface area contributed by atoms with Gasteiger partial charge in [0.05, 0.1) is 0 Å². The van der Waals surface area contributed by atoms with E-state index >= 15 is 0 Å².